The lowest BCUT2D eigenvalue weighted by molar-refractivity contribution is 0.0527. The first-order valence-electron chi connectivity index (χ1n) is 4.66. The van der Waals surface area contributed by atoms with Crippen LogP contribution >= 0.6 is 22.6 Å². The largest absolute Gasteiger partial charge is 0.462 e. The maximum absolute atomic E-state index is 11.7. The van der Waals surface area contributed by atoms with E-state index in [4.69, 9.17) is 4.74 Å². The van der Waals surface area contributed by atoms with Crippen molar-refractivity contribution in [1.82, 2.24) is 4.40 Å². The van der Waals surface area contributed by atoms with Crippen molar-refractivity contribution in [2.75, 3.05) is 6.61 Å². The van der Waals surface area contributed by atoms with Gasteiger partial charge in [-0.2, -0.15) is 0 Å². The number of hydrogen-bond donors (Lipinski definition) is 0. The number of nitrogens with zero attached hydrogens (tertiary/aromatic N) is 1. The molecule has 0 aromatic carbocycles. The van der Waals surface area contributed by atoms with Crippen LogP contribution in [0.1, 0.15) is 17.3 Å². The molecule has 0 atom stereocenters. The minimum Gasteiger partial charge on any atom is -0.462 e. The highest BCUT2D eigenvalue weighted by Crippen LogP contribution is 2.21. The van der Waals surface area contributed by atoms with Crippen LogP contribution in [0.3, 0.4) is 0 Å². The molecule has 2 aromatic heterocycles. The molecule has 0 spiro atoms. The van der Waals surface area contributed by atoms with E-state index in [-0.39, 0.29) is 5.97 Å². The molecule has 0 bridgehead atoms. The number of aromatic nitrogens is 1. The van der Waals surface area contributed by atoms with E-state index in [1.54, 1.807) is 0 Å². The van der Waals surface area contributed by atoms with Crippen LogP contribution in [-0.4, -0.2) is 17.0 Å². The van der Waals surface area contributed by atoms with Crippen molar-refractivity contribution in [3.63, 3.8) is 0 Å². The van der Waals surface area contributed by atoms with Crippen molar-refractivity contribution in [3.8, 4) is 0 Å². The van der Waals surface area contributed by atoms with Gasteiger partial charge in [0.1, 0.15) is 0 Å². The fourth-order valence-electron chi connectivity index (χ4n) is 1.49. The number of fused-ring (bicyclic) bond motifs is 1. The number of carbonyl (C=O) groups excluding carboxylic acids is 1. The van der Waals surface area contributed by atoms with E-state index < -0.39 is 0 Å². The summed E-state index contributed by atoms with van der Waals surface area (Å²) in [7, 11) is 0. The molecule has 4 heteroatoms. The Morgan fingerprint density at radius 1 is 1.53 bits per heavy atom. The highest BCUT2D eigenvalue weighted by Gasteiger charge is 2.16. The summed E-state index contributed by atoms with van der Waals surface area (Å²) in [5.74, 6) is -0.254. The average molecular weight is 315 g/mol. The molecule has 2 heterocycles. The topological polar surface area (TPSA) is 30.7 Å². The highest BCUT2D eigenvalue weighted by molar-refractivity contribution is 14.1. The van der Waals surface area contributed by atoms with E-state index in [9.17, 15) is 4.79 Å². The first-order chi connectivity index (χ1) is 7.24. The summed E-state index contributed by atoms with van der Waals surface area (Å²) in [5.41, 5.74) is 1.54. The molecular weight excluding hydrogens is 305 g/mol. The van der Waals surface area contributed by atoms with Gasteiger partial charge in [-0.05, 0) is 41.6 Å². The zero-order chi connectivity index (χ0) is 10.8. The van der Waals surface area contributed by atoms with Crippen LogP contribution in [0.15, 0.2) is 30.6 Å². The molecule has 0 aliphatic rings. The van der Waals surface area contributed by atoms with Gasteiger partial charge in [0.15, 0.2) is 0 Å². The van der Waals surface area contributed by atoms with E-state index >= 15 is 0 Å². The predicted octanol–water partition coefficient (Wildman–Crippen LogP) is 2.72. The van der Waals surface area contributed by atoms with E-state index in [0.717, 1.165) is 9.09 Å². The third kappa shape index (κ3) is 1.86. The van der Waals surface area contributed by atoms with Gasteiger partial charge in [0.05, 0.1) is 17.7 Å². The molecule has 2 aromatic rings. The van der Waals surface area contributed by atoms with Gasteiger partial charge in [-0.1, -0.05) is 6.07 Å². The molecule has 3 nitrogen and oxygen atoms in total. The van der Waals surface area contributed by atoms with Gasteiger partial charge in [0.2, 0.25) is 0 Å². The lowest BCUT2D eigenvalue weighted by atomic mass is 10.2. The fourth-order valence-corrected chi connectivity index (χ4v) is 2.29. The Balaban J connectivity index is 2.58. The molecular formula is C11H10INO2. The zero-order valence-electron chi connectivity index (χ0n) is 8.24. The third-order valence-corrected chi connectivity index (χ3v) is 2.93. The van der Waals surface area contributed by atoms with E-state index in [1.165, 1.54) is 0 Å². The van der Waals surface area contributed by atoms with E-state index in [2.05, 4.69) is 22.6 Å². The Morgan fingerprint density at radius 2 is 2.33 bits per heavy atom. The summed E-state index contributed by atoms with van der Waals surface area (Å²) in [6.45, 7) is 2.21. The van der Waals surface area contributed by atoms with Crippen LogP contribution in [0.2, 0.25) is 0 Å². The summed E-state index contributed by atoms with van der Waals surface area (Å²) in [6, 6.07) is 5.75. The summed E-state index contributed by atoms with van der Waals surface area (Å²) in [5, 5.41) is 0. The van der Waals surface area contributed by atoms with Gasteiger partial charge < -0.3 is 9.14 Å². The van der Waals surface area contributed by atoms with Crippen LogP contribution in [-0.2, 0) is 4.74 Å². The molecule has 0 amide bonds. The Labute approximate surface area is 101 Å². The second-order valence-electron chi connectivity index (χ2n) is 3.07. The molecule has 0 saturated carbocycles. The van der Waals surface area contributed by atoms with Crippen molar-refractivity contribution in [1.29, 1.82) is 0 Å². The van der Waals surface area contributed by atoms with Gasteiger partial charge in [-0.15, -0.1) is 0 Å². The van der Waals surface area contributed by atoms with Gasteiger partial charge >= 0.3 is 5.97 Å². The maximum atomic E-state index is 11.7. The highest BCUT2D eigenvalue weighted by atomic mass is 127. The number of rotatable bonds is 2. The molecule has 0 aliphatic carbocycles. The van der Waals surface area contributed by atoms with E-state index in [0.29, 0.717) is 12.2 Å². The Bertz CT molecular complexity index is 504. The number of ether oxygens (including phenoxy) is 1. The Kier molecular flexibility index (Phi) is 2.95. The van der Waals surface area contributed by atoms with Crippen LogP contribution in [0, 0.1) is 3.57 Å². The quantitative estimate of drug-likeness (QED) is 0.630. The second-order valence-corrected chi connectivity index (χ2v) is 4.23. The zero-order valence-corrected chi connectivity index (χ0v) is 10.4. The van der Waals surface area contributed by atoms with Crippen molar-refractivity contribution in [2.24, 2.45) is 0 Å². The van der Waals surface area contributed by atoms with Crippen molar-refractivity contribution < 1.29 is 9.53 Å². The molecule has 0 unspecified atom stereocenters. The van der Waals surface area contributed by atoms with E-state index in [1.807, 2.05) is 41.9 Å². The number of pyridine rings is 1. The predicted molar refractivity (Wildman–Crippen MR) is 66.1 cm³/mol. The first kappa shape index (κ1) is 10.5. The number of carbonyl (C=O) groups is 1. The van der Waals surface area contributed by atoms with Crippen LogP contribution in [0.25, 0.3) is 5.52 Å². The minimum atomic E-state index is -0.254. The molecule has 0 radical (unpaired) electrons. The summed E-state index contributed by atoms with van der Waals surface area (Å²) in [6.07, 6.45) is 3.84. The Morgan fingerprint density at radius 3 is 3.07 bits per heavy atom. The number of hydrogen-bond acceptors (Lipinski definition) is 2. The smallest absolute Gasteiger partial charge is 0.341 e. The van der Waals surface area contributed by atoms with Crippen molar-refractivity contribution in [2.45, 2.75) is 6.92 Å². The Hall–Kier alpha value is -1.04. The summed E-state index contributed by atoms with van der Waals surface area (Å²) >= 11 is 2.15. The molecule has 0 saturated heterocycles. The van der Waals surface area contributed by atoms with Crippen molar-refractivity contribution in [3.05, 3.63) is 39.7 Å². The van der Waals surface area contributed by atoms with Crippen LogP contribution < -0.4 is 0 Å². The molecule has 0 N–H and O–H groups in total. The van der Waals surface area contributed by atoms with Crippen molar-refractivity contribution >= 4 is 34.1 Å². The lowest BCUT2D eigenvalue weighted by Gasteiger charge is -2.00. The van der Waals surface area contributed by atoms with Crippen LogP contribution in [0.5, 0.6) is 0 Å². The monoisotopic (exact) mass is 315 g/mol. The fraction of sp³-hybridized carbons (Fsp3) is 0.182. The normalized spacial score (nSPS) is 10.5. The molecule has 0 aliphatic heterocycles. The SMILES string of the molecule is CCOC(=O)c1c(I)cn2ccccc12. The third-order valence-electron chi connectivity index (χ3n) is 2.12. The average Bonchev–Trinajstić information content (AvgIpc) is 2.54. The lowest BCUT2D eigenvalue weighted by Crippen LogP contribution is -2.05. The van der Waals surface area contributed by atoms with Gasteiger partial charge in [0, 0.05) is 16.0 Å². The van der Waals surface area contributed by atoms with Crippen LogP contribution in [0.4, 0.5) is 0 Å². The minimum absolute atomic E-state index is 0.254. The number of halogens is 1. The molecule has 78 valence electrons. The van der Waals surface area contributed by atoms with Gasteiger partial charge in [0.25, 0.3) is 0 Å². The standard InChI is InChI=1S/C11H10INO2/c1-2-15-11(14)10-8(12)7-13-6-4-3-5-9(10)13/h3-7H,2H2,1H3. The maximum Gasteiger partial charge on any atom is 0.341 e. The van der Waals surface area contributed by atoms with Gasteiger partial charge in [-0.25, -0.2) is 4.79 Å². The summed E-state index contributed by atoms with van der Waals surface area (Å²) < 4.78 is 7.86. The number of esters is 1. The second kappa shape index (κ2) is 4.22. The molecule has 2 rings (SSSR count). The summed E-state index contributed by atoms with van der Waals surface area (Å²) in [4.78, 5) is 11.7. The van der Waals surface area contributed by atoms with Gasteiger partial charge in [-0.3, -0.25) is 0 Å². The molecule has 0 fully saturated rings. The first-order valence-corrected chi connectivity index (χ1v) is 5.74. The molecule has 15 heavy (non-hydrogen) atoms.